The molecule has 2 unspecified atom stereocenters. The van der Waals surface area contributed by atoms with Crippen molar-refractivity contribution < 1.29 is 23.8 Å². The van der Waals surface area contributed by atoms with E-state index in [9.17, 15) is 19.1 Å². The molecule has 2 aliphatic carbocycles. The van der Waals surface area contributed by atoms with Gasteiger partial charge in [0, 0.05) is 24.2 Å². The molecule has 7 heteroatoms. The molecule has 0 radical (unpaired) electrons. The van der Waals surface area contributed by atoms with E-state index >= 15 is 0 Å². The number of nitrogens with one attached hydrogen (secondary N) is 2. The van der Waals surface area contributed by atoms with Crippen LogP contribution in [-0.4, -0.2) is 48.9 Å². The molecule has 3 aliphatic rings. The molecular formula is C24H25FN2O4. The minimum Gasteiger partial charge on any atom is -0.486 e. The van der Waals surface area contributed by atoms with E-state index in [1.54, 1.807) is 6.07 Å². The monoisotopic (exact) mass is 424 g/mol. The number of benzene rings is 2. The van der Waals surface area contributed by atoms with E-state index in [4.69, 9.17) is 4.74 Å². The molecule has 2 aromatic carbocycles. The summed E-state index contributed by atoms with van der Waals surface area (Å²) < 4.78 is 19.8. The number of rotatable bonds is 5. The normalized spacial score (nSPS) is 30.2. The van der Waals surface area contributed by atoms with Crippen molar-refractivity contribution in [3.8, 4) is 5.75 Å². The van der Waals surface area contributed by atoms with Gasteiger partial charge in [-0.1, -0.05) is 30.3 Å². The lowest BCUT2D eigenvalue weighted by atomic mass is 9.86. The van der Waals surface area contributed by atoms with Crippen molar-refractivity contribution >= 4 is 11.8 Å². The first-order valence-corrected chi connectivity index (χ1v) is 10.7. The van der Waals surface area contributed by atoms with Crippen LogP contribution in [0.5, 0.6) is 5.75 Å². The van der Waals surface area contributed by atoms with Gasteiger partial charge in [0.1, 0.15) is 18.5 Å². The first-order valence-electron chi connectivity index (χ1n) is 10.7. The van der Waals surface area contributed by atoms with Crippen LogP contribution in [0.25, 0.3) is 0 Å². The Bertz CT molecular complexity index is 1020. The molecule has 6 nitrogen and oxygen atoms in total. The number of amides is 2. The standard InChI is InChI=1S/C24H25FN2O4/c1-26-24(30)18-8-13(23(29)27-21-15-9-14(28)10-16(15)21)7-17-20(12-5-3-2-4-6-12)19(11-25)31-22(17)18/h2-8,14-16,19-21,28H,9-11H2,1H3,(H,26,30)(H,27,29)/t14?,15-,16+,19-,20+,21?/m1/s1. The van der Waals surface area contributed by atoms with E-state index in [-0.39, 0.29) is 29.5 Å². The fourth-order valence-electron chi connectivity index (χ4n) is 5.30. The molecule has 2 amide bonds. The summed E-state index contributed by atoms with van der Waals surface area (Å²) in [7, 11) is 1.51. The van der Waals surface area contributed by atoms with Crippen molar-refractivity contribution in [3.05, 3.63) is 64.7 Å². The number of ether oxygens (including phenoxy) is 1. The summed E-state index contributed by atoms with van der Waals surface area (Å²) in [4.78, 5) is 25.6. The molecule has 2 aromatic rings. The molecule has 1 heterocycles. The van der Waals surface area contributed by atoms with Gasteiger partial charge in [0.25, 0.3) is 11.8 Å². The Labute approximate surface area is 179 Å². The first kappa shape index (κ1) is 20.0. The number of hydrogen-bond donors (Lipinski definition) is 3. The Balaban J connectivity index is 1.51. The van der Waals surface area contributed by atoms with Crippen LogP contribution in [0.15, 0.2) is 42.5 Å². The Morgan fingerprint density at radius 1 is 1.13 bits per heavy atom. The smallest absolute Gasteiger partial charge is 0.254 e. The van der Waals surface area contributed by atoms with Crippen molar-refractivity contribution in [2.75, 3.05) is 13.7 Å². The third kappa shape index (κ3) is 3.37. The Morgan fingerprint density at radius 2 is 1.84 bits per heavy atom. The Hall–Kier alpha value is -2.93. The van der Waals surface area contributed by atoms with Gasteiger partial charge in [-0.3, -0.25) is 9.59 Å². The van der Waals surface area contributed by atoms with Crippen LogP contribution in [0.4, 0.5) is 4.39 Å². The highest BCUT2D eigenvalue weighted by Crippen LogP contribution is 2.52. The zero-order chi connectivity index (χ0) is 21.7. The maximum atomic E-state index is 13.9. The molecule has 162 valence electrons. The van der Waals surface area contributed by atoms with E-state index in [1.165, 1.54) is 13.1 Å². The number of carbonyl (C=O) groups is 2. The van der Waals surface area contributed by atoms with Gasteiger partial charge in [-0.05, 0) is 42.4 Å². The maximum Gasteiger partial charge on any atom is 0.254 e. The second-order valence-corrected chi connectivity index (χ2v) is 8.67. The molecule has 2 saturated carbocycles. The Kier molecular flexibility index (Phi) is 4.93. The molecule has 0 aromatic heterocycles. The second kappa shape index (κ2) is 7.64. The van der Waals surface area contributed by atoms with Crippen LogP contribution in [-0.2, 0) is 0 Å². The van der Waals surface area contributed by atoms with Gasteiger partial charge in [-0.15, -0.1) is 0 Å². The molecule has 31 heavy (non-hydrogen) atoms. The van der Waals surface area contributed by atoms with Gasteiger partial charge in [0.05, 0.1) is 17.6 Å². The number of carbonyl (C=O) groups excluding carboxylic acids is 2. The van der Waals surface area contributed by atoms with E-state index in [0.29, 0.717) is 41.6 Å². The van der Waals surface area contributed by atoms with E-state index in [2.05, 4.69) is 10.6 Å². The van der Waals surface area contributed by atoms with Crippen LogP contribution in [0, 0.1) is 11.8 Å². The minimum absolute atomic E-state index is 0.0624. The average molecular weight is 424 g/mol. The van der Waals surface area contributed by atoms with Crippen molar-refractivity contribution in [2.24, 2.45) is 11.8 Å². The topological polar surface area (TPSA) is 87.7 Å². The van der Waals surface area contributed by atoms with Gasteiger partial charge in [0.15, 0.2) is 0 Å². The second-order valence-electron chi connectivity index (χ2n) is 8.67. The summed E-state index contributed by atoms with van der Waals surface area (Å²) in [5.41, 5.74) is 2.10. The summed E-state index contributed by atoms with van der Waals surface area (Å²) in [6.45, 7) is -0.712. The summed E-state index contributed by atoms with van der Waals surface area (Å²) in [6, 6.07) is 12.7. The molecule has 0 saturated heterocycles. The largest absolute Gasteiger partial charge is 0.486 e. The predicted molar refractivity (Wildman–Crippen MR) is 112 cm³/mol. The highest BCUT2D eigenvalue weighted by atomic mass is 19.1. The number of hydrogen-bond acceptors (Lipinski definition) is 4. The fraction of sp³-hybridized carbons (Fsp3) is 0.417. The summed E-state index contributed by atoms with van der Waals surface area (Å²) in [5.74, 6) is -0.0844. The van der Waals surface area contributed by atoms with Crippen molar-refractivity contribution in [3.63, 3.8) is 0 Å². The molecule has 0 spiro atoms. The lowest BCUT2D eigenvalue weighted by Gasteiger charge is -2.16. The van der Waals surface area contributed by atoms with E-state index < -0.39 is 18.7 Å². The SMILES string of the molecule is CNC(=O)c1cc(C(=O)NC2[C@H]3CC(O)C[C@@H]23)cc2c1O[C@H](CF)[C@H]2c1ccccc1. The highest BCUT2D eigenvalue weighted by Gasteiger charge is 2.56. The number of aliphatic hydroxyl groups is 1. The number of halogens is 1. The molecule has 3 N–H and O–H groups in total. The number of fused-ring (bicyclic) bond motifs is 2. The fourth-order valence-corrected chi connectivity index (χ4v) is 5.30. The minimum atomic E-state index is -0.761. The van der Waals surface area contributed by atoms with Gasteiger partial charge < -0.3 is 20.5 Å². The van der Waals surface area contributed by atoms with Gasteiger partial charge in [0.2, 0.25) is 0 Å². The van der Waals surface area contributed by atoms with Gasteiger partial charge in [-0.2, -0.15) is 0 Å². The lowest BCUT2D eigenvalue weighted by molar-refractivity contribution is 0.0937. The predicted octanol–water partition coefficient (Wildman–Crippen LogP) is 2.41. The van der Waals surface area contributed by atoms with Crippen molar-refractivity contribution in [1.29, 1.82) is 0 Å². The zero-order valence-electron chi connectivity index (χ0n) is 17.2. The van der Waals surface area contributed by atoms with Gasteiger partial charge >= 0.3 is 0 Å². The summed E-state index contributed by atoms with van der Waals surface area (Å²) in [6.07, 6.45) is 0.393. The van der Waals surface area contributed by atoms with Crippen LogP contribution in [0.2, 0.25) is 0 Å². The summed E-state index contributed by atoms with van der Waals surface area (Å²) in [5, 5.41) is 15.3. The lowest BCUT2D eigenvalue weighted by Crippen LogP contribution is -2.30. The maximum absolute atomic E-state index is 13.9. The third-order valence-corrected chi connectivity index (χ3v) is 6.86. The van der Waals surface area contributed by atoms with Crippen molar-refractivity contribution in [1.82, 2.24) is 10.6 Å². The van der Waals surface area contributed by atoms with E-state index in [1.807, 2.05) is 30.3 Å². The molecule has 2 fully saturated rings. The molecule has 6 atom stereocenters. The third-order valence-electron chi connectivity index (χ3n) is 6.86. The van der Waals surface area contributed by atoms with E-state index in [0.717, 1.165) is 5.56 Å². The van der Waals surface area contributed by atoms with Crippen LogP contribution in [0.3, 0.4) is 0 Å². The number of alkyl halides is 1. The molecule has 5 rings (SSSR count). The molecule has 1 aliphatic heterocycles. The average Bonchev–Trinajstić information content (AvgIpc) is 3.12. The Morgan fingerprint density at radius 3 is 2.48 bits per heavy atom. The zero-order valence-corrected chi connectivity index (χ0v) is 17.2. The first-order chi connectivity index (χ1) is 15.0. The highest BCUT2D eigenvalue weighted by molar-refractivity contribution is 6.02. The quantitative estimate of drug-likeness (QED) is 0.688. The van der Waals surface area contributed by atoms with Gasteiger partial charge in [-0.25, -0.2) is 4.39 Å². The molecular weight excluding hydrogens is 399 g/mol. The summed E-state index contributed by atoms with van der Waals surface area (Å²) >= 11 is 0. The van der Waals surface area contributed by atoms with Crippen molar-refractivity contribution in [2.45, 2.75) is 37.0 Å². The van der Waals surface area contributed by atoms with Crippen LogP contribution in [0.1, 0.15) is 50.6 Å². The molecule has 0 bridgehead atoms. The van der Waals surface area contributed by atoms with Crippen LogP contribution >= 0.6 is 0 Å². The number of aliphatic hydroxyl groups excluding tert-OH is 1. The van der Waals surface area contributed by atoms with Crippen LogP contribution < -0.4 is 15.4 Å².